The summed E-state index contributed by atoms with van der Waals surface area (Å²) in [6.07, 6.45) is 1.37. The van der Waals surface area contributed by atoms with Crippen molar-refractivity contribution in [3.05, 3.63) is 98.9 Å². The average Bonchev–Trinajstić information content (AvgIpc) is 3.25. The first kappa shape index (κ1) is 27.3. The van der Waals surface area contributed by atoms with E-state index >= 15 is 0 Å². The molecule has 10 heteroatoms. The standard InChI is InChI=1S/C29H31N5O5/c1-17-9-6-10-18(2)24(17)31-27-25(29(3,4)5)32-26-21(13-8-14-33(26)27)28(37)30-22(16-23(35)36)19-11-7-12-20(15-19)34(38)39/h6-15,22,31H,16H2,1-5H3,(H,30,37)(H,35,36). The predicted octanol–water partition coefficient (Wildman–Crippen LogP) is 5.85. The second kappa shape index (κ2) is 10.6. The van der Waals surface area contributed by atoms with Gasteiger partial charge in [0.05, 0.1) is 28.6 Å². The van der Waals surface area contributed by atoms with E-state index in [1.54, 1.807) is 18.2 Å². The zero-order valence-electron chi connectivity index (χ0n) is 22.5. The lowest BCUT2D eigenvalue weighted by molar-refractivity contribution is -0.384. The second-order valence-electron chi connectivity index (χ2n) is 10.5. The molecule has 2 aromatic heterocycles. The first-order valence-electron chi connectivity index (χ1n) is 12.5. The Morgan fingerprint density at radius 3 is 2.36 bits per heavy atom. The number of rotatable bonds is 8. The molecule has 0 spiro atoms. The fourth-order valence-electron chi connectivity index (χ4n) is 4.54. The van der Waals surface area contributed by atoms with Gasteiger partial charge in [0.1, 0.15) is 5.82 Å². The molecular formula is C29H31N5O5. The molecule has 3 N–H and O–H groups in total. The SMILES string of the molecule is Cc1cccc(C)c1Nc1c(C(C)(C)C)nc2c(C(=O)NC(CC(=O)O)c3cccc([N+](=O)[O-])c3)cccn12. The third kappa shape index (κ3) is 5.74. The molecule has 0 aliphatic carbocycles. The molecule has 1 atom stereocenters. The molecule has 0 saturated heterocycles. The first-order valence-corrected chi connectivity index (χ1v) is 12.5. The van der Waals surface area contributed by atoms with Crippen LogP contribution in [0.25, 0.3) is 5.65 Å². The number of nitro benzene ring substituents is 1. The minimum Gasteiger partial charge on any atom is -0.481 e. The van der Waals surface area contributed by atoms with E-state index in [9.17, 15) is 24.8 Å². The molecule has 1 amide bonds. The van der Waals surface area contributed by atoms with E-state index in [0.717, 1.165) is 28.3 Å². The lowest BCUT2D eigenvalue weighted by Gasteiger charge is -2.20. The number of aromatic nitrogens is 2. The largest absolute Gasteiger partial charge is 0.481 e. The van der Waals surface area contributed by atoms with Crippen LogP contribution in [0.1, 0.15) is 66.0 Å². The third-order valence-corrected chi connectivity index (χ3v) is 6.50. The summed E-state index contributed by atoms with van der Waals surface area (Å²) in [5, 5.41) is 27.0. The van der Waals surface area contributed by atoms with Gasteiger partial charge in [-0.05, 0) is 42.7 Å². The minimum absolute atomic E-state index is 0.190. The molecule has 202 valence electrons. The van der Waals surface area contributed by atoms with Crippen molar-refractivity contribution >= 4 is 34.7 Å². The number of anilines is 2. The Bertz CT molecular complexity index is 1560. The zero-order valence-corrected chi connectivity index (χ0v) is 22.5. The number of aliphatic carboxylic acids is 1. The van der Waals surface area contributed by atoms with Crippen LogP contribution >= 0.6 is 0 Å². The molecular weight excluding hydrogens is 498 g/mol. The monoisotopic (exact) mass is 529 g/mol. The van der Waals surface area contributed by atoms with Gasteiger partial charge in [0.25, 0.3) is 11.6 Å². The van der Waals surface area contributed by atoms with Crippen LogP contribution in [-0.4, -0.2) is 31.3 Å². The van der Waals surface area contributed by atoms with E-state index < -0.39 is 29.3 Å². The maximum Gasteiger partial charge on any atom is 0.305 e. The minimum atomic E-state index is -1.15. The van der Waals surface area contributed by atoms with Crippen molar-refractivity contribution < 1.29 is 19.6 Å². The number of fused-ring (bicyclic) bond motifs is 1. The van der Waals surface area contributed by atoms with Crippen molar-refractivity contribution in [1.29, 1.82) is 0 Å². The van der Waals surface area contributed by atoms with Crippen molar-refractivity contribution in [2.24, 2.45) is 0 Å². The molecule has 2 heterocycles. The highest BCUT2D eigenvalue weighted by molar-refractivity contribution is 6.00. The van der Waals surface area contributed by atoms with E-state index in [-0.39, 0.29) is 16.7 Å². The summed E-state index contributed by atoms with van der Waals surface area (Å²) < 4.78 is 1.82. The number of para-hydroxylation sites is 1. The number of nitrogens with zero attached hydrogens (tertiary/aromatic N) is 3. The fraction of sp³-hybridized carbons (Fsp3) is 0.276. The number of carbonyl (C=O) groups is 2. The summed E-state index contributed by atoms with van der Waals surface area (Å²) in [7, 11) is 0. The van der Waals surface area contributed by atoms with Gasteiger partial charge in [-0.2, -0.15) is 0 Å². The number of imidazole rings is 1. The Labute approximate surface area is 225 Å². The third-order valence-electron chi connectivity index (χ3n) is 6.50. The summed E-state index contributed by atoms with van der Waals surface area (Å²) in [6, 6.07) is 14.0. The van der Waals surface area contributed by atoms with Gasteiger partial charge < -0.3 is 15.7 Å². The molecule has 0 fully saturated rings. The highest BCUT2D eigenvalue weighted by Crippen LogP contribution is 2.35. The molecule has 0 saturated carbocycles. The van der Waals surface area contributed by atoms with Crippen LogP contribution in [0.2, 0.25) is 0 Å². The number of hydrogen-bond donors (Lipinski definition) is 3. The normalized spacial score (nSPS) is 12.2. The van der Waals surface area contributed by atoms with E-state index in [2.05, 4.69) is 10.6 Å². The van der Waals surface area contributed by atoms with Crippen molar-refractivity contribution in [3.8, 4) is 0 Å². The van der Waals surface area contributed by atoms with Crippen LogP contribution < -0.4 is 10.6 Å². The maximum atomic E-state index is 13.6. The number of benzene rings is 2. The molecule has 0 bridgehead atoms. The van der Waals surface area contributed by atoms with Gasteiger partial charge in [0, 0.05) is 29.4 Å². The van der Waals surface area contributed by atoms with Crippen molar-refractivity contribution in [2.75, 3.05) is 5.32 Å². The molecule has 2 aromatic carbocycles. The molecule has 0 radical (unpaired) electrons. The van der Waals surface area contributed by atoms with Crippen LogP contribution in [0.5, 0.6) is 0 Å². The smallest absolute Gasteiger partial charge is 0.305 e. The van der Waals surface area contributed by atoms with Crippen LogP contribution in [0, 0.1) is 24.0 Å². The number of amides is 1. The Morgan fingerprint density at radius 1 is 1.08 bits per heavy atom. The molecule has 0 aliphatic heterocycles. The maximum absolute atomic E-state index is 13.6. The van der Waals surface area contributed by atoms with Crippen molar-refractivity contribution in [3.63, 3.8) is 0 Å². The Kier molecular flexibility index (Phi) is 7.40. The Morgan fingerprint density at radius 2 is 1.74 bits per heavy atom. The van der Waals surface area contributed by atoms with Gasteiger partial charge in [0.15, 0.2) is 5.65 Å². The van der Waals surface area contributed by atoms with Crippen LogP contribution in [0.15, 0.2) is 60.8 Å². The average molecular weight is 530 g/mol. The summed E-state index contributed by atoms with van der Waals surface area (Å²) >= 11 is 0. The van der Waals surface area contributed by atoms with Gasteiger partial charge in [0.2, 0.25) is 0 Å². The molecule has 39 heavy (non-hydrogen) atoms. The second-order valence-corrected chi connectivity index (χ2v) is 10.5. The highest BCUT2D eigenvalue weighted by Gasteiger charge is 2.28. The van der Waals surface area contributed by atoms with Crippen LogP contribution in [0.3, 0.4) is 0 Å². The predicted molar refractivity (Wildman–Crippen MR) is 149 cm³/mol. The molecule has 4 rings (SSSR count). The molecule has 4 aromatic rings. The van der Waals surface area contributed by atoms with Crippen molar-refractivity contribution in [2.45, 2.75) is 52.5 Å². The topological polar surface area (TPSA) is 139 Å². The van der Waals surface area contributed by atoms with E-state index in [0.29, 0.717) is 11.2 Å². The quantitative estimate of drug-likeness (QED) is 0.192. The van der Waals surface area contributed by atoms with Gasteiger partial charge >= 0.3 is 5.97 Å². The number of carbonyl (C=O) groups excluding carboxylic acids is 1. The number of non-ortho nitro benzene ring substituents is 1. The zero-order chi connectivity index (χ0) is 28.5. The number of carboxylic acids is 1. The molecule has 0 aliphatic rings. The van der Waals surface area contributed by atoms with Crippen LogP contribution in [0.4, 0.5) is 17.2 Å². The fourth-order valence-corrected chi connectivity index (χ4v) is 4.54. The molecule has 10 nitrogen and oxygen atoms in total. The summed E-state index contributed by atoms with van der Waals surface area (Å²) in [5.74, 6) is -0.964. The van der Waals surface area contributed by atoms with E-state index in [1.165, 1.54) is 18.2 Å². The first-order chi connectivity index (χ1) is 18.4. The number of pyridine rings is 1. The van der Waals surface area contributed by atoms with E-state index in [4.69, 9.17) is 4.98 Å². The summed E-state index contributed by atoms with van der Waals surface area (Å²) in [6.45, 7) is 10.1. The Hall–Kier alpha value is -4.73. The number of hydrogen-bond acceptors (Lipinski definition) is 6. The van der Waals surface area contributed by atoms with E-state index in [1.807, 2.05) is 63.4 Å². The lowest BCUT2D eigenvalue weighted by Crippen LogP contribution is -2.30. The number of nitrogens with one attached hydrogen (secondary N) is 2. The number of carboxylic acid groups (broad SMARTS) is 1. The Balaban J connectivity index is 1.79. The lowest BCUT2D eigenvalue weighted by atomic mass is 9.92. The van der Waals surface area contributed by atoms with Crippen LogP contribution in [-0.2, 0) is 10.2 Å². The van der Waals surface area contributed by atoms with Crippen molar-refractivity contribution in [1.82, 2.24) is 14.7 Å². The van der Waals surface area contributed by atoms with Gasteiger partial charge in [-0.25, -0.2) is 4.98 Å². The number of aryl methyl sites for hydroxylation is 2. The van der Waals surface area contributed by atoms with Gasteiger partial charge in [-0.3, -0.25) is 24.1 Å². The van der Waals surface area contributed by atoms with Gasteiger partial charge in [-0.1, -0.05) is 51.1 Å². The summed E-state index contributed by atoms with van der Waals surface area (Å²) in [4.78, 5) is 40.7. The number of nitro groups is 1. The highest BCUT2D eigenvalue weighted by atomic mass is 16.6. The summed E-state index contributed by atoms with van der Waals surface area (Å²) in [5.41, 5.74) is 4.25. The van der Waals surface area contributed by atoms with Gasteiger partial charge in [-0.15, -0.1) is 0 Å². The molecule has 1 unspecified atom stereocenters.